The molecule has 0 atom stereocenters. The first-order valence-electron chi connectivity index (χ1n) is 5.57. The normalized spacial score (nSPS) is 17.2. The molecular weight excluding hydrogens is 238 g/mol. The quantitative estimate of drug-likeness (QED) is 0.783. The van der Waals surface area contributed by atoms with E-state index in [4.69, 9.17) is 5.14 Å². The molecule has 5 nitrogen and oxygen atoms in total. The highest BCUT2D eigenvalue weighted by Gasteiger charge is 2.16. The number of benzene rings is 1. The molecule has 0 unspecified atom stereocenters. The summed E-state index contributed by atoms with van der Waals surface area (Å²) in [4.78, 5) is 2.36. The Morgan fingerprint density at radius 1 is 1.29 bits per heavy atom. The van der Waals surface area contributed by atoms with Gasteiger partial charge in [-0.1, -0.05) is 6.07 Å². The van der Waals surface area contributed by atoms with Crippen molar-refractivity contribution in [2.45, 2.75) is 11.8 Å². The number of primary sulfonamides is 1. The Bertz CT molecular complexity index is 507. The molecule has 0 amide bonds. The number of sulfonamides is 1. The minimum atomic E-state index is -3.62. The number of nitrogens with one attached hydrogen (secondary N) is 1. The first-order valence-corrected chi connectivity index (χ1v) is 7.12. The molecule has 1 aliphatic rings. The third-order valence-corrected chi connectivity index (χ3v) is 3.88. The van der Waals surface area contributed by atoms with Gasteiger partial charge in [0.2, 0.25) is 10.0 Å². The molecule has 1 fully saturated rings. The molecule has 1 aromatic carbocycles. The fraction of sp³-hybridized carbons (Fsp3) is 0.455. The van der Waals surface area contributed by atoms with Crippen molar-refractivity contribution >= 4 is 15.7 Å². The molecule has 3 N–H and O–H groups in total. The van der Waals surface area contributed by atoms with E-state index in [9.17, 15) is 8.42 Å². The summed E-state index contributed by atoms with van der Waals surface area (Å²) < 4.78 is 22.7. The first kappa shape index (κ1) is 12.3. The van der Waals surface area contributed by atoms with Crippen molar-refractivity contribution in [2.24, 2.45) is 5.14 Å². The van der Waals surface area contributed by atoms with E-state index in [-0.39, 0.29) is 4.90 Å². The number of nitrogens with zero attached hydrogens (tertiary/aromatic N) is 1. The summed E-state index contributed by atoms with van der Waals surface area (Å²) in [7, 11) is -3.62. The summed E-state index contributed by atoms with van der Waals surface area (Å²) in [5.74, 6) is 0. The summed E-state index contributed by atoms with van der Waals surface area (Å²) in [6.45, 7) is 5.58. The van der Waals surface area contributed by atoms with Gasteiger partial charge in [0, 0.05) is 31.9 Å². The van der Waals surface area contributed by atoms with Gasteiger partial charge in [0.25, 0.3) is 0 Å². The molecule has 1 aliphatic heterocycles. The standard InChI is InChI=1S/C11H17N3O2S/c1-9-2-3-10(17(12,15)16)8-11(9)14-6-4-13-5-7-14/h2-3,8,13H,4-7H2,1H3,(H2,12,15,16). The number of anilines is 1. The van der Waals surface area contributed by atoms with E-state index in [0.717, 1.165) is 37.4 Å². The summed E-state index contributed by atoms with van der Waals surface area (Å²) in [5.41, 5.74) is 2.03. The van der Waals surface area contributed by atoms with E-state index in [0.29, 0.717) is 0 Å². The lowest BCUT2D eigenvalue weighted by molar-refractivity contribution is 0.587. The molecule has 6 heteroatoms. The van der Waals surface area contributed by atoms with Crippen LogP contribution in [0.3, 0.4) is 0 Å². The van der Waals surface area contributed by atoms with Gasteiger partial charge in [0.1, 0.15) is 0 Å². The number of nitrogens with two attached hydrogens (primary N) is 1. The Labute approximate surface area is 102 Å². The molecule has 2 rings (SSSR count). The molecule has 0 aromatic heterocycles. The minimum Gasteiger partial charge on any atom is -0.369 e. The molecule has 94 valence electrons. The van der Waals surface area contributed by atoms with Crippen LogP contribution in [0.4, 0.5) is 5.69 Å². The maximum Gasteiger partial charge on any atom is 0.238 e. The SMILES string of the molecule is Cc1ccc(S(N)(=O)=O)cc1N1CCNCC1. The highest BCUT2D eigenvalue weighted by molar-refractivity contribution is 7.89. The lowest BCUT2D eigenvalue weighted by Gasteiger charge is -2.30. The fourth-order valence-corrected chi connectivity index (χ4v) is 2.55. The molecule has 1 saturated heterocycles. The lowest BCUT2D eigenvalue weighted by atomic mass is 10.1. The van der Waals surface area contributed by atoms with Gasteiger partial charge in [0.05, 0.1) is 4.90 Å². The van der Waals surface area contributed by atoms with Crippen molar-refractivity contribution in [3.63, 3.8) is 0 Å². The van der Waals surface area contributed by atoms with Crippen molar-refractivity contribution in [3.05, 3.63) is 23.8 Å². The van der Waals surface area contributed by atoms with Gasteiger partial charge in [-0.05, 0) is 24.6 Å². The second kappa shape index (κ2) is 4.64. The van der Waals surface area contributed by atoms with Crippen LogP contribution in [-0.4, -0.2) is 34.6 Å². The average molecular weight is 255 g/mol. The van der Waals surface area contributed by atoms with Gasteiger partial charge < -0.3 is 10.2 Å². The Morgan fingerprint density at radius 3 is 2.53 bits per heavy atom. The van der Waals surface area contributed by atoms with E-state index >= 15 is 0 Å². The van der Waals surface area contributed by atoms with E-state index < -0.39 is 10.0 Å². The van der Waals surface area contributed by atoms with Gasteiger partial charge in [0.15, 0.2) is 0 Å². The first-order chi connectivity index (χ1) is 7.98. The van der Waals surface area contributed by atoms with Crippen LogP contribution in [0.15, 0.2) is 23.1 Å². The molecule has 0 saturated carbocycles. The number of hydrogen-bond acceptors (Lipinski definition) is 4. The second-order valence-electron chi connectivity index (χ2n) is 4.23. The lowest BCUT2D eigenvalue weighted by Crippen LogP contribution is -2.43. The molecule has 0 aliphatic carbocycles. The van der Waals surface area contributed by atoms with Crippen LogP contribution in [0.25, 0.3) is 0 Å². The summed E-state index contributed by atoms with van der Waals surface area (Å²) in [6.07, 6.45) is 0. The number of hydrogen-bond donors (Lipinski definition) is 2. The Balaban J connectivity index is 2.38. The van der Waals surface area contributed by atoms with Crippen LogP contribution < -0.4 is 15.4 Å². The van der Waals surface area contributed by atoms with Gasteiger partial charge in [-0.2, -0.15) is 0 Å². The molecule has 0 radical (unpaired) electrons. The van der Waals surface area contributed by atoms with Crippen LogP contribution >= 0.6 is 0 Å². The molecule has 0 bridgehead atoms. The van der Waals surface area contributed by atoms with Crippen LogP contribution in [0.1, 0.15) is 5.56 Å². The predicted molar refractivity (Wildman–Crippen MR) is 67.6 cm³/mol. The summed E-state index contributed by atoms with van der Waals surface area (Å²) in [6, 6.07) is 5.02. The number of aryl methyl sites for hydroxylation is 1. The largest absolute Gasteiger partial charge is 0.369 e. The fourth-order valence-electron chi connectivity index (χ4n) is 2.01. The molecule has 0 spiro atoms. The van der Waals surface area contributed by atoms with Crippen LogP contribution in [0, 0.1) is 6.92 Å². The highest BCUT2D eigenvalue weighted by Crippen LogP contribution is 2.23. The van der Waals surface area contributed by atoms with E-state index in [1.54, 1.807) is 18.2 Å². The predicted octanol–water partition coefficient (Wildman–Crippen LogP) is 0.0520. The number of piperazine rings is 1. The van der Waals surface area contributed by atoms with E-state index in [1.807, 2.05) is 6.92 Å². The van der Waals surface area contributed by atoms with E-state index in [1.165, 1.54) is 0 Å². The van der Waals surface area contributed by atoms with Crippen molar-refractivity contribution in [3.8, 4) is 0 Å². The molecule has 17 heavy (non-hydrogen) atoms. The zero-order valence-corrected chi connectivity index (χ0v) is 10.6. The zero-order chi connectivity index (χ0) is 12.5. The van der Waals surface area contributed by atoms with Crippen molar-refractivity contribution in [2.75, 3.05) is 31.1 Å². The molecular formula is C11H17N3O2S. The third kappa shape index (κ3) is 2.77. The summed E-state index contributed by atoms with van der Waals surface area (Å²) in [5, 5.41) is 8.41. The van der Waals surface area contributed by atoms with Crippen LogP contribution in [0.5, 0.6) is 0 Å². The van der Waals surface area contributed by atoms with Gasteiger partial charge in [-0.25, -0.2) is 13.6 Å². The van der Waals surface area contributed by atoms with Crippen LogP contribution in [0.2, 0.25) is 0 Å². The van der Waals surface area contributed by atoms with Crippen LogP contribution in [-0.2, 0) is 10.0 Å². The van der Waals surface area contributed by atoms with E-state index in [2.05, 4.69) is 10.2 Å². The number of rotatable bonds is 2. The third-order valence-electron chi connectivity index (χ3n) is 2.97. The second-order valence-corrected chi connectivity index (χ2v) is 5.79. The molecule has 1 heterocycles. The zero-order valence-electron chi connectivity index (χ0n) is 9.81. The minimum absolute atomic E-state index is 0.177. The average Bonchev–Trinajstić information content (AvgIpc) is 2.29. The monoisotopic (exact) mass is 255 g/mol. The van der Waals surface area contributed by atoms with Crippen molar-refractivity contribution in [1.82, 2.24) is 5.32 Å². The molecule has 1 aromatic rings. The van der Waals surface area contributed by atoms with Gasteiger partial charge in [-0.15, -0.1) is 0 Å². The Kier molecular flexibility index (Phi) is 3.37. The van der Waals surface area contributed by atoms with Gasteiger partial charge in [-0.3, -0.25) is 0 Å². The smallest absolute Gasteiger partial charge is 0.238 e. The maximum atomic E-state index is 11.3. The Morgan fingerprint density at radius 2 is 1.94 bits per heavy atom. The maximum absolute atomic E-state index is 11.3. The topological polar surface area (TPSA) is 75.4 Å². The Hall–Kier alpha value is -1.11. The van der Waals surface area contributed by atoms with Gasteiger partial charge >= 0.3 is 0 Å². The van der Waals surface area contributed by atoms with Crippen molar-refractivity contribution in [1.29, 1.82) is 0 Å². The summed E-state index contributed by atoms with van der Waals surface area (Å²) >= 11 is 0. The highest BCUT2D eigenvalue weighted by atomic mass is 32.2. The van der Waals surface area contributed by atoms with Crippen molar-refractivity contribution < 1.29 is 8.42 Å².